The van der Waals surface area contributed by atoms with Crippen molar-refractivity contribution in [1.82, 2.24) is 4.72 Å². The van der Waals surface area contributed by atoms with Gasteiger partial charge in [-0.2, -0.15) is 0 Å². The van der Waals surface area contributed by atoms with Crippen molar-refractivity contribution in [3.63, 3.8) is 0 Å². The molecule has 0 bridgehead atoms. The molecule has 4 nitrogen and oxygen atoms in total. The predicted octanol–water partition coefficient (Wildman–Crippen LogP) is 2.06. The highest BCUT2D eigenvalue weighted by Gasteiger charge is 2.09. The summed E-state index contributed by atoms with van der Waals surface area (Å²) in [7, 11) is -3.30. The van der Waals surface area contributed by atoms with Gasteiger partial charge in [-0.05, 0) is 18.6 Å². The number of benzene rings is 1. The highest BCUT2D eigenvalue weighted by atomic mass is 32.2. The Morgan fingerprint density at radius 2 is 2.05 bits per heavy atom. The average molecular weight is 293 g/mol. The molecular formula is C12H17F2NO3S. The smallest absolute Gasteiger partial charge is 0.211 e. The van der Waals surface area contributed by atoms with Crippen LogP contribution < -0.4 is 9.46 Å². The number of hydrogen-bond donors (Lipinski definition) is 1. The third-order valence-electron chi connectivity index (χ3n) is 2.34. The Bertz CT molecular complexity index is 506. The molecule has 1 aromatic carbocycles. The summed E-state index contributed by atoms with van der Waals surface area (Å²) in [6, 6.07) is 2.95. The van der Waals surface area contributed by atoms with Gasteiger partial charge in [-0.15, -0.1) is 0 Å². The molecule has 19 heavy (non-hydrogen) atoms. The minimum atomic E-state index is -3.30. The van der Waals surface area contributed by atoms with Gasteiger partial charge in [0.05, 0.1) is 5.75 Å². The highest BCUT2D eigenvalue weighted by molar-refractivity contribution is 7.89. The number of unbranched alkanes of at least 4 members (excludes halogenated alkanes) is 1. The van der Waals surface area contributed by atoms with Gasteiger partial charge in [-0.25, -0.2) is 21.9 Å². The summed E-state index contributed by atoms with van der Waals surface area (Å²) in [6.07, 6.45) is 1.38. The first kappa shape index (κ1) is 15.8. The summed E-state index contributed by atoms with van der Waals surface area (Å²) in [5.41, 5.74) is 0. The molecule has 0 radical (unpaired) electrons. The summed E-state index contributed by atoms with van der Waals surface area (Å²) in [5, 5.41) is 0. The van der Waals surface area contributed by atoms with Crippen LogP contribution in [0.25, 0.3) is 0 Å². The number of rotatable bonds is 8. The molecule has 0 unspecified atom stereocenters. The number of nitrogens with one attached hydrogen (secondary N) is 1. The van der Waals surface area contributed by atoms with Crippen LogP contribution in [0.3, 0.4) is 0 Å². The van der Waals surface area contributed by atoms with E-state index in [9.17, 15) is 17.2 Å². The van der Waals surface area contributed by atoms with Crippen molar-refractivity contribution < 1.29 is 21.9 Å². The molecule has 0 aliphatic heterocycles. The first-order valence-electron chi connectivity index (χ1n) is 6.00. The minimum Gasteiger partial charge on any atom is -0.489 e. The topological polar surface area (TPSA) is 55.4 Å². The van der Waals surface area contributed by atoms with Gasteiger partial charge >= 0.3 is 0 Å². The van der Waals surface area contributed by atoms with Crippen molar-refractivity contribution in [2.45, 2.75) is 19.8 Å². The molecule has 0 aliphatic rings. The maximum Gasteiger partial charge on any atom is 0.211 e. The Morgan fingerprint density at radius 3 is 2.68 bits per heavy atom. The number of ether oxygens (including phenoxy) is 1. The highest BCUT2D eigenvalue weighted by Crippen LogP contribution is 2.17. The Kier molecular flexibility index (Phi) is 6.17. The molecule has 7 heteroatoms. The molecule has 0 fully saturated rings. The van der Waals surface area contributed by atoms with Gasteiger partial charge in [0, 0.05) is 12.6 Å². The van der Waals surface area contributed by atoms with Gasteiger partial charge in [0.1, 0.15) is 12.4 Å². The van der Waals surface area contributed by atoms with Gasteiger partial charge in [0.2, 0.25) is 10.0 Å². The average Bonchev–Trinajstić information content (AvgIpc) is 2.34. The van der Waals surface area contributed by atoms with Crippen LogP contribution >= 0.6 is 0 Å². The standard InChI is InChI=1S/C12H17F2NO3S/c1-2-3-8-19(16,17)15-6-7-18-12-5-4-10(13)9-11(12)14/h4-5,9,15H,2-3,6-8H2,1H3. The zero-order valence-corrected chi connectivity index (χ0v) is 11.5. The summed E-state index contributed by atoms with van der Waals surface area (Å²) in [5.74, 6) is -1.54. The fourth-order valence-corrected chi connectivity index (χ4v) is 2.56. The maximum absolute atomic E-state index is 13.2. The van der Waals surface area contributed by atoms with E-state index in [0.29, 0.717) is 12.5 Å². The van der Waals surface area contributed by atoms with Crippen LogP contribution in [0.5, 0.6) is 5.75 Å². The summed E-state index contributed by atoms with van der Waals surface area (Å²) < 4.78 is 56.0. The Hall–Kier alpha value is -1.21. The summed E-state index contributed by atoms with van der Waals surface area (Å²) >= 11 is 0. The summed E-state index contributed by atoms with van der Waals surface area (Å²) in [4.78, 5) is 0. The van der Waals surface area contributed by atoms with Gasteiger partial charge in [0.25, 0.3) is 0 Å². The molecule has 0 saturated carbocycles. The van der Waals surface area contributed by atoms with E-state index >= 15 is 0 Å². The first-order valence-corrected chi connectivity index (χ1v) is 7.65. The zero-order chi connectivity index (χ0) is 14.3. The Balaban J connectivity index is 2.35. The van der Waals surface area contributed by atoms with Crippen molar-refractivity contribution in [2.75, 3.05) is 18.9 Å². The number of hydrogen-bond acceptors (Lipinski definition) is 3. The largest absolute Gasteiger partial charge is 0.489 e. The molecule has 1 rings (SSSR count). The lowest BCUT2D eigenvalue weighted by Crippen LogP contribution is -2.30. The zero-order valence-electron chi connectivity index (χ0n) is 10.7. The van der Waals surface area contributed by atoms with Gasteiger partial charge in [0.15, 0.2) is 11.6 Å². The van der Waals surface area contributed by atoms with E-state index in [1.54, 1.807) is 0 Å². The van der Waals surface area contributed by atoms with E-state index < -0.39 is 21.7 Å². The third kappa shape index (κ3) is 5.98. The molecule has 1 aromatic rings. The lowest BCUT2D eigenvalue weighted by molar-refractivity contribution is 0.305. The lowest BCUT2D eigenvalue weighted by atomic mass is 10.3. The maximum atomic E-state index is 13.2. The fraction of sp³-hybridized carbons (Fsp3) is 0.500. The lowest BCUT2D eigenvalue weighted by Gasteiger charge is -2.08. The van der Waals surface area contributed by atoms with Gasteiger partial charge in [-0.1, -0.05) is 13.3 Å². The van der Waals surface area contributed by atoms with Crippen molar-refractivity contribution in [2.24, 2.45) is 0 Å². The van der Waals surface area contributed by atoms with Crippen molar-refractivity contribution in [1.29, 1.82) is 0 Å². The molecule has 0 saturated heterocycles. The van der Waals surface area contributed by atoms with Gasteiger partial charge < -0.3 is 4.74 Å². The first-order chi connectivity index (χ1) is 8.94. The molecule has 0 atom stereocenters. The Morgan fingerprint density at radius 1 is 1.32 bits per heavy atom. The molecular weight excluding hydrogens is 276 g/mol. The quantitative estimate of drug-likeness (QED) is 0.746. The fourth-order valence-electron chi connectivity index (χ4n) is 1.36. The second-order valence-electron chi connectivity index (χ2n) is 3.99. The molecule has 0 spiro atoms. The molecule has 1 N–H and O–H groups in total. The Labute approximate surface area is 111 Å². The van der Waals surface area contributed by atoms with E-state index in [1.807, 2.05) is 6.92 Å². The second-order valence-corrected chi connectivity index (χ2v) is 5.92. The van der Waals surface area contributed by atoms with E-state index in [1.165, 1.54) is 0 Å². The second kappa shape index (κ2) is 7.40. The van der Waals surface area contributed by atoms with Crippen LogP contribution in [-0.2, 0) is 10.0 Å². The van der Waals surface area contributed by atoms with Crippen LogP contribution in [0.15, 0.2) is 18.2 Å². The minimum absolute atomic E-state index is 0.0199. The molecule has 0 aromatic heterocycles. The van der Waals surface area contributed by atoms with Crippen LogP contribution in [0.4, 0.5) is 8.78 Å². The molecule has 0 heterocycles. The van der Waals surface area contributed by atoms with Crippen LogP contribution in [-0.4, -0.2) is 27.3 Å². The normalized spacial score (nSPS) is 11.5. The summed E-state index contributed by atoms with van der Waals surface area (Å²) in [6.45, 7) is 1.92. The van der Waals surface area contributed by atoms with Crippen molar-refractivity contribution >= 4 is 10.0 Å². The molecule has 0 aliphatic carbocycles. The van der Waals surface area contributed by atoms with Crippen LogP contribution in [0, 0.1) is 11.6 Å². The molecule has 0 amide bonds. The number of sulfonamides is 1. The van der Waals surface area contributed by atoms with E-state index in [0.717, 1.165) is 18.6 Å². The van der Waals surface area contributed by atoms with Crippen LogP contribution in [0.1, 0.15) is 19.8 Å². The van der Waals surface area contributed by atoms with E-state index in [4.69, 9.17) is 4.74 Å². The van der Waals surface area contributed by atoms with Crippen molar-refractivity contribution in [3.8, 4) is 5.75 Å². The molecule has 108 valence electrons. The van der Waals surface area contributed by atoms with Crippen molar-refractivity contribution in [3.05, 3.63) is 29.8 Å². The SMILES string of the molecule is CCCCS(=O)(=O)NCCOc1ccc(F)cc1F. The van der Waals surface area contributed by atoms with E-state index in [-0.39, 0.29) is 24.7 Å². The number of halogens is 2. The predicted molar refractivity (Wildman–Crippen MR) is 68.6 cm³/mol. The van der Waals surface area contributed by atoms with Crippen LogP contribution in [0.2, 0.25) is 0 Å². The monoisotopic (exact) mass is 293 g/mol. The van der Waals surface area contributed by atoms with E-state index in [2.05, 4.69) is 4.72 Å². The third-order valence-corrected chi connectivity index (χ3v) is 3.81. The van der Waals surface area contributed by atoms with Gasteiger partial charge in [-0.3, -0.25) is 0 Å².